The molecule has 2 bridgehead atoms. The van der Waals surface area contributed by atoms with Crippen molar-refractivity contribution in [3.05, 3.63) is 33.4 Å². The van der Waals surface area contributed by atoms with Crippen LogP contribution in [0.25, 0.3) is 0 Å². The average molecular weight is 222 g/mol. The monoisotopic (exact) mass is 221 g/mol. The van der Waals surface area contributed by atoms with Crippen molar-refractivity contribution in [2.75, 3.05) is 11.4 Å². The smallest absolute Gasteiger partial charge is 0.343 e. The van der Waals surface area contributed by atoms with Gasteiger partial charge >= 0.3 is 5.69 Å². The third-order valence-corrected chi connectivity index (χ3v) is 3.76. The Hall–Kier alpha value is -1.29. The van der Waals surface area contributed by atoms with Crippen LogP contribution in [0.1, 0.15) is 6.42 Å². The van der Waals surface area contributed by atoms with Crippen LogP contribution < -0.4 is 10.6 Å². The van der Waals surface area contributed by atoms with Crippen LogP contribution in [-0.2, 0) is 6.54 Å². The first-order valence-corrected chi connectivity index (χ1v) is 5.31. The molecule has 0 radical (unpaired) electrons. The first-order valence-electron chi connectivity index (χ1n) is 4.94. The molecular formula is C10H8ClN3O. The zero-order valence-corrected chi connectivity index (χ0v) is 8.66. The van der Waals surface area contributed by atoms with Crippen LogP contribution in [0.3, 0.4) is 0 Å². The maximum absolute atomic E-state index is 11.6. The summed E-state index contributed by atoms with van der Waals surface area (Å²) in [5, 5.41) is 0.289. The Morgan fingerprint density at radius 1 is 1.53 bits per heavy atom. The van der Waals surface area contributed by atoms with E-state index in [9.17, 15) is 4.79 Å². The molecule has 1 spiro atoms. The third-order valence-electron chi connectivity index (χ3n) is 3.57. The fraction of sp³-hybridized carbons (Fsp3) is 0.400. The fourth-order valence-electron chi connectivity index (χ4n) is 2.99. The predicted octanol–water partition coefficient (Wildman–Crippen LogP) is 0.799. The minimum atomic E-state index is -0.233. The van der Waals surface area contributed by atoms with Gasteiger partial charge in [-0.25, -0.2) is 4.79 Å². The van der Waals surface area contributed by atoms with Crippen molar-refractivity contribution >= 4 is 17.4 Å². The average Bonchev–Trinajstić information content (AvgIpc) is 2.67. The lowest BCUT2D eigenvalue weighted by Gasteiger charge is -2.30. The van der Waals surface area contributed by atoms with E-state index in [-0.39, 0.29) is 16.4 Å². The van der Waals surface area contributed by atoms with Crippen molar-refractivity contribution in [2.45, 2.75) is 18.5 Å². The van der Waals surface area contributed by atoms with Crippen molar-refractivity contribution in [1.29, 1.82) is 0 Å². The summed E-state index contributed by atoms with van der Waals surface area (Å²) in [4.78, 5) is 17.7. The van der Waals surface area contributed by atoms with E-state index >= 15 is 0 Å². The van der Waals surface area contributed by atoms with Gasteiger partial charge in [0.2, 0.25) is 0 Å². The van der Waals surface area contributed by atoms with Gasteiger partial charge in [0.15, 0.2) is 0 Å². The third kappa shape index (κ3) is 0.763. The van der Waals surface area contributed by atoms with Gasteiger partial charge in [-0.3, -0.25) is 4.57 Å². The summed E-state index contributed by atoms with van der Waals surface area (Å²) in [6.45, 7) is 1.68. The Kier molecular flexibility index (Phi) is 1.12. The Labute approximate surface area is 90.8 Å². The SMILES string of the molecule is O=c1nc(Cl)cc2n1CC13C=C(CN21)C3. The lowest BCUT2D eigenvalue weighted by molar-refractivity contribution is 0.478. The molecule has 4 aliphatic rings. The Morgan fingerprint density at radius 3 is 3.13 bits per heavy atom. The summed E-state index contributed by atoms with van der Waals surface area (Å²) in [5.74, 6) is 0.920. The number of anilines is 1. The van der Waals surface area contributed by atoms with Crippen LogP contribution in [0.4, 0.5) is 5.82 Å². The van der Waals surface area contributed by atoms with E-state index in [1.54, 1.807) is 10.6 Å². The second-order valence-corrected chi connectivity index (χ2v) is 4.86. The van der Waals surface area contributed by atoms with Crippen LogP contribution in [0.2, 0.25) is 5.15 Å². The largest absolute Gasteiger partial charge is 0.350 e. The van der Waals surface area contributed by atoms with Crippen molar-refractivity contribution in [3.8, 4) is 0 Å². The molecule has 3 aliphatic heterocycles. The van der Waals surface area contributed by atoms with E-state index in [1.807, 2.05) is 0 Å². The number of hydrogen-bond acceptors (Lipinski definition) is 3. The minimum Gasteiger partial charge on any atom is -0.343 e. The molecule has 5 rings (SSSR count). The summed E-state index contributed by atoms with van der Waals surface area (Å²) in [7, 11) is 0. The van der Waals surface area contributed by atoms with Crippen LogP contribution in [0.15, 0.2) is 22.5 Å². The van der Waals surface area contributed by atoms with E-state index in [1.165, 1.54) is 5.57 Å². The van der Waals surface area contributed by atoms with Crippen molar-refractivity contribution in [1.82, 2.24) is 9.55 Å². The fourth-order valence-corrected chi connectivity index (χ4v) is 3.16. The van der Waals surface area contributed by atoms with Gasteiger partial charge in [0.1, 0.15) is 11.0 Å². The highest BCUT2D eigenvalue weighted by molar-refractivity contribution is 6.29. The summed E-state index contributed by atoms with van der Waals surface area (Å²) < 4.78 is 1.72. The molecule has 0 saturated carbocycles. The maximum Gasteiger partial charge on any atom is 0.350 e. The van der Waals surface area contributed by atoms with Crippen LogP contribution in [-0.4, -0.2) is 21.6 Å². The van der Waals surface area contributed by atoms with Gasteiger partial charge in [-0.05, 0) is 12.0 Å². The zero-order chi connectivity index (χ0) is 10.2. The molecule has 1 aliphatic carbocycles. The standard InChI is InChI=1S/C10H8ClN3O/c11-7-1-8-13(9(15)12-7)5-10-2-6(3-10)4-14(8)10/h1-2H,3-5H2. The molecule has 4 heterocycles. The number of aromatic nitrogens is 2. The second-order valence-electron chi connectivity index (χ2n) is 4.47. The lowest BCUT2D eigenvalue weighted by atomic mass is 9.84. The lowest BCUT2D eigenvalue weighted by Crippen LogP contribution is -2.40. The van der Waals surface area contributed by atoms with Gasteiger partial charge in [-0.1, -0.05) is 17.7 Å². The highest BCUT2D eigenvalue weighted by atomic mass is 35.5. The number of fused-ring (bicyclic) bond motifs is 1. The number of halogens is 1. The second kappa shape index (κ2) is 2.11. The Bertz CT molecular complexity index is 577. The molecule has 15 heavy (non-hydrogen) atoms. The van der Waals surface area contributed by atoms with E-state index in [4.69, 9.17) is 11.6 Å². The van der Waals surface area contributed by atoms with Gasteiger partial charge in [0, 0.05) is 12.6 Å². The molecule has 0 aromatic carbocycles. The van der Waals surface area contributed by atoms with Crippen molar-refractivity contribution < 1.29 is 0 Å². The molecule has 0 amide bonds. The first-order chi connectivity index (χ1) is 7.18. The molecular weight excluding hydrogens is 214 g/mol. The molecule has 1 aromatic rings. The van der Waals surface area contributed by atoms with Crippen LogP contribution in [0, 0.1) is 0 Å². The molecule has 1 atom stereocenters. The number of hydrogen-bond donors (Lipinski definition) is 0. The summed E-state index contributed by atoms with van der Waals surface area (Å²) in [6, 6.07) is 1.78. The quantitative estimate of drug-likeness (QED) is 0.481. The van der Waals surface area contributed by atoms with E-state index in [0.717, 1.165) is 25.3 Å². The summed E-state index contributed by atoms with van der Waals surface area (Å²) >= 11 is 5.81. The first kappa shape index (κ1) is 7.93. The van der Waals surface area contributed by atoms with E-state index in [0.29, 0.717) is 0 Å². The van der Waals surface area contributed by atoms with Crippen LogP contribution >= 0.6 is 11.6 Å². The highest BCUT2D eigenvalue weighted by Gasteiger charge is 2.54. The zero-order valence-electron chi connectivity index (χ0n) is 7.90. The van der Waals surface area contributed by atoms with Crippen LogP contribution in [0.5, 0.6) is 0 Å². The normalized spacial score (nSPS) is 29.7. The number of nitrogens with zero attached hydrogens (tertiary/aromatic N) is 3. The van der Waals surface area contributed by atoms with Gasteiger partial charge in [0.25, 0.3) is 0 Å². The highest BCUT2D eigenvalue weighted by Crippen LogP contribution is 2.51. The van der Waals surface area contributed by atoms with Gasteiger partial charge < -0.3 is 4.90 Å². The Morgan fingerprint density at radius 2 is 2.33 bits per heavy atom. The molecule has 1 aromatic heterocycles. The summed E-state index contributed by atoms with van der Waals surface area (Å²) in [5.41, 5.74) is 1.32. The summed E-state index contributed by atoms with van der Waals surface area (Å²) in [6.07, 6.45) is 3.36. The molecule has 1 fully saturated rings. The van der Waals surface area contributed by atoms with Gasteiger partial charge in [0.05, 0.1) is 12.1 Å². The van der Waals surface area contributed by atoms with E-state index < -0.39 is 0 Å². The molecule has 1 unspecified atom stereocenters. The van der Waals surface area contributed by atoms with Gasteiger partial charge in [-0.2, -0.15) is 4.98 Å². The minimum absolute atomic E-state index is 0.0772. The Balaban J connectivity index is 1.99. The molecule has 1 saturated heterocycles. The molecule has 4 nitrogen and oxygen atoms in total. The van der Waals surface area contributed by atoms with Gasteiger partial charge in [-0.15, -0.1) is 0 Å². The van der Waals surface area contributed by atoms with E-state index in [2.05, 4.69) is 16.0 Å². The van der Waals surface area contributed by atoms with Crippen molar-refractivity contribution in [2.24, 2.45) is 0 Å². The topological polar surface area (TPSA) is 38.1 Å². The molecule has 76 valence electrons. The number of rotatable bonds is 0. The van der Waals surface area contributed by atoms with Crippen molar-refractivity contribution in [3.63, 3.8) is 0 Å². The predicted molar refractivity (Wildman–Crippen MR) is 56.3 cm³/mol. The molecule has 0 N–H and O–H groups in total. The maximum atomic E-state index is 11.6. The molecule has 5 heteroatoms.